The van der Waals surface area contributed by atoms with E-state index in [0.717, 1.165) is 63.7 Å². The lowest BCUT2D eigenvalue weighted by Gasteiger charge is -2.28. The number of fused-ring (bicyclic) bond motifs is 7. The first-order valence-corrected chi connectivity index (χ1v) is 19.3. The van der Waals surface area contributed by atoms with E-state index < -0.39 is 0 Å². The molecule has 0 radical (unpaired) electrons. The van der Waals surface area contributed by atoms with E-state index in [9.17, 15) is 0 Å². The van der Waals surface area contributed by atoms with Crippen molar-refractivity contribution in [3.05, 3.63) is 205 Å². The van der Waals surface area contributed by atoms with Crippen LogP contribution in [0.3, 0.4) is 0 Å². The van der Waals surface area contributed by atoms with Gasteiger partial charge in [-0.3, -0.25) is 0 Å². The van der Waals surface area contributed by atoms with Gasteiger partial charge in [-0.2, -0.15) is 0 Å². The Labute approximate surface area is 320 Å². The molecule has 0 saturated carbocycles. The molecule has 0 saturated heterocycles. The monoisotopic (exact) mass is 706 g/mol. The highest BCUT2D eigenvalue weighted by Gasteiger charge is 2.25. The SMILES string of the molecule is C1=CC(N(c2ccc(-c3cccc4c3oc3ccccc34)cc2)c2ccc(C3C=Cc4c(c5ccccc5n4-c4cccc5ccccc45)C3)cc2)=CCC1. The Kier molecular flexibility index (Phi) is 7.44. The van der Waals surface area contributed by atoms with Crippen LogP contribution in [-0.4, -0.2) is 4.57 Å². The van der Waals surface area contributed by atoms with E-state index in [2.05, 4.69) is 185 Å². The third-order valence-corrected chi connectivity index (χ3v) is 11.6. The van der Waals surface area contributed by atoms with E-state index in [1.165, 1.54) is 49.9 Å². The van der Waals surface area contributed by atoms with Crippen molar-refractivity contribution in [1.82, 2.24) is 4.57 Å². The van der Waals surface area contributed by atoms with Crippen molar-refractivity contribution in [2.75, 3.05) is 4.90 Å². The predicted molar refractivity (Wildman–Crippen MR) is 230 cm³/mol. The van der Waals surface area contributed by atoms with Crippen LogP contribution >= 0.6 is 0 Å². The minimum atomic E-state index is 0.288. The van der Waals surface area contributed by atoms with Gasteiger partial charge in [0, 0.05) is 55.8 Å². The lowest BCUT2D eigenvalue weighted by Crippen LogP contribution is -2.16. The van der Waals surface area contributed by atoms with Crippen LogP contribution in [0.4, 0.5) is 11.4 Å². The quantitative estimate of drug-likeness (QED) is 0.172. The summed E-state index contributed by atoms with van der Waals surface area (Å²) in [6.45, 7) is 0. The van der Waals surface area contributed by atoms with Crippen LogP contribution in [0.15, 0.2) is 192 Å². The maximum Gasteiger partial charge on any atom is 0.143 e. The summed E-state index contributed by atoms with van der Waals surface area (Å²) in [5.74, 6) is 0.288. The Morgan fingerprint density at radius 3 is 2.13 bits per heavy atom. The number of allylic oxidation sites excluding steroid dienone is 4. The molecule has 9 aromatic rings. The maximum atomic E-state index is 6.38. The number of aromatic nitrogens is 1. The molecule has 55 heavy (non-hydrogen) atoms. The molecule has 262 valence electrons. The molecule has 3 nitrogen and oxygen atoms in total. The van der Waals surface area contributed by atoms with E-state index >= 15 is 0 Å². The van der Waals surface area contributed by atoms with Crippen molar-refractivity contribution in [3.8, 4) is 16.8 Å². The van der Waals surface area contributed by atoms with Gasteiger partial charge < -0.3 is 13.9 Å². The van der Waals surface area contributed by atoms with Gasteiger partial charge >= 0.3 is 0 Å². The van der Waals surface area contributed by atoms with E-state index in [1.54, 1.807) is 0 Å². The van der Waals surface area contributed by atoms with Gasteiger partial charge in [-0.25, -0.2) is 0 Å². The second-order valence-corrected chi connectivity index (χ2v) is 14.7. The van der Waals surface area contributed by atoms with Gasteiger partial charge in [0.05, 0.1) is 11.2 Å². The maximum absolute atomic E-state index is 6.38. The highest BCUT2D eigenvalue weighted by molar-refractivity contribution is 6.09. The summed E-state index contributed by atoms with van der Waals surface area (Å²) in [6.07, 6.45) is 14.7. The van der Waals surface area contributed by atoms with Crippen molar-refractivity contribution < 1.29 is 4.42 Å². The Hall–Kier alpha value is -6.84. The molecule has 0 fully saturated rings. The van der Waals surface area contributed by atoms with Crippen LogP contribution in [0, 0.1) is 0 Å². The van der Waals surface area contributed by atoms with Crippen molar-refractivity contribution in [2.45, 2.75) is 25.2 Å². The van der Waals surface area contributed by atoms with E-state index in [4.69, 9.17) is 4.42 Å². The van der Waals surface area contributed by atoms with Gasteiger partial charge in [-0.05, 0) is 96.0 Å². The minimum Gasteiger partial charge on any atom is -0.455 e. The summed E-state index contributed by atoms with van der Waals surface area (Å²) in [7, 11) is 0. The number of furan rings is 1. The number of benzene rings is 7. The number of rotatable bonds is 6. The van der Waals surface area contributed by atoms with Gasteiger partial charge in [0.15, 0.2) is 0 Å². The average Bonchev–Trinajstić information content (AvgIpc) is 3.80. The lowest BCUT2D eigenvalue weighted by molar-refractivity contribution is 0.670. The number of para-hydroxylation sites is 3. The number of hydrogen-bond donors (Lipinski definition) is 0. The average molecular weight is 707 g/mol. The van der Waals surface area contributed by atoms with Crippen LogP contribution in [0.1, 0.15) is 35.6 Å². The van der Waals surface area contributed by atoms with Gasteiger partial charge in [-0.15, -0.1) is 0 Å². The van der Waals surface area contributed by atoms with Crippen LogP contribution in [-0.2, 0) is 6.42 Å². The Balaban J connectivity index is 0.929. The van der Waals surface area contributed by atoms with Crippen LogP contribution < -0.4 is 4.90 Å². The van der Waals surface area contributed by atoms with E-state index in [0.29, 0.717) is 0 Å². The predicted octanol–water partition coefficient (Wildman–Crippen LogP) is 14.1. The minimum absolute atomic E-state index is 0.288. The fourth-order valence-electron chi connectivity index (χ4n) is 8.95. The fourth-order valence-corrected chi connectivity index (χ4v) is 8.95. The summed E-state index contributed by atoms with van der Waals surface area (Å²) in [4.78, 5) is 2.39. The molecule has 1 unspecified atom stereocenters. The molecule has 2 aromatic heterocycles. The smallest absolute Gasteiger partial charge is 0.143 e. The molecule has 0 aliphatic heterocycles. The van der Waals surface area contributed by atoms with Crippen molar-refractivity contribution in [1.29, 1.82) is 0 Å². The second-order valence-electron chi connectivity index (χ2n) is 14.7. The van der Waals surface area contributed by atoms with Gasteiger partial charge in [-0.1, -0.05) is 133 Å². The molecule has 2 aliphatic rings. The largest absolute Gasteiger partial charge is 0.455 e. The highest BCUT2D eigenvalue weighted by atomic mass is 16.3. The molecular formula is C52H38N2O. The standard InChI is InChI=1S/C52H38N2O/c1-2-14-39(15-3-1)53(41-31-26-37(27-32-41)43-19-11-20-46-45-18-7-9-23-51(45)55-52(43)46)40-29-24-35(25-30-40)38-28-33-50-47(34-38)44-17-6-8-21-49(44)54(50)48-22-10-13-36-12-4-5-16-42(36)48/h2,4-33,38H,1,3,34H2. The van der Waals surface area contributed by atoms with Crippen molar-refractivity contribution in [3.63, 3.8) is 0 Å². The first-order chi connectivity index (χ1) is 27.3. The van der Waals surface area contributed by atoms with E-state index in [1.807, 2.05) is 12.1 Å². The molecule has 0 spiro atoms. The summed E-state index contributed by atoms with van der Waals surface area (Å²) < 4.78 is 8.85. The first-order valence-electron chi connectivity index (χ1n) is 19.3. The molecular weight excluding hydrogens is 669 g/mol. The highest BCUT2D eigenvalue weighted by Crippen LogP contribution is 2.42. The summed E-state index contributed by atoms with van der Waals surface area (Å²) in [5.41, 5.74) is 14.1. The normalized spacial score (nSPS) is 15.2. The van der Waals surface area contributed by atoms with Crippen molar-refractivity contribution >= 4 is 61.1 Å². The lowest BCUT2D eigenvalue weighted by atomic mass is 9.86. The molecule has 11 rings (SSSR count). The zero-order chi connectivity index (χ0) is 36.3. The van der Waals surface area contributed by atoms with E-state index in [-0.39, 0.29) is 5.92 Å². The van der Waals surface area contributed by atoms with Crippen LogP contribution in [0.2, 0.25) is 0 Å². The third kappa shape index (κ3) is 5.26. The van der Waals surface area contributed by atoms with Crippen LogP contribution in [0.5, 0.6) is 0 Å². The summed E-state index contributed by atoms with van der Waals surface area (Å²) in [5, 5.41) is 6.16. The zero-order valence-corrected chi connectivity index (χ0v) is 30.4. The molecule has 0 amide bonds. The molecule has 0 bridgehead atoms. The molecule has 0 N–H and O–H groups in total. The van der Waals surface area contributed by atoms with Gasteiger partial charge in [0.25, 0.3) is 0 Å². The third-order valence-electron chi connectivity index (χ3n) is 11.6. The van der Waals surface area contributed by atoms with Gasteiger partial charge in [0.2, 0.25) is 0 Å². The summed E-state index contributed by atoms with van der Waals surface area (Å²) >= 11 is 0. The summed E-state index contributed by atoms with van der Waals surface area (Å²) in [6, 6.07) is 57.1. The van der Waals surface area contributed by atoms with Crippen molar-refractivity contribution in [2.24, 2.45) is 0 Å². The van der Waals surface area contributed by atoms with Crippen LogP contribution in [0.25, 0.3) is 66.5 Å². The fraction of sp³-hybridized carbons (Fsp3) is 0.0769. The Bertz CT molecular complexity index is 3000. The first kappa shape index (κ1) is 31.7. The van der Waals surface area contributed by atoms with Gasteiger partial charge in [0.1, 0.15) is 11.2 Å². The molecule has 7 aromatic carbocycles. The Morgan fingerprint density at radius 2 is 1.29 bits per heavy atom. The number of nitrogens with zero attached hydrogens (tertiary/aromatic N) is 2. The molecule has 2 aliphatic carbocycles. The number of hydrogen-bond acceptors (Lipinski definition) is 2. The molecule has 2 heterocycles. The molecule has 1 atom stereocenters. The number of anilines is 2. The second kappa shape index (κ2) is 12.9. The Morgan fingerprint density at radius 1 is 0.582 bits per heavy atom. The topological polar surface area (TPSA) is 21.3 Å². The zero-order valence-electron chi connectivity index (χ0n) is 30.4. The molecule has 3 heteroatoms.